The first kappa shape index (κ1) is 21.4. The van der Waals surface area contributed by atoms with E-state index in [-0.39, 0.29) is 24.2 Å². The zero-order valence-corrected chi connectivity index (χ0v) is 18.1. The average Bonchev–Trinajstić information content (AvgIpc) is 3.18. The molecule has 3 aromatic rings. The Bertz CT molecular complexity index is 1150. The van der Waals surface area contributed by atoms with Gasteiger partial charge in [-0.3, -0.25) is 9.20 Å². The summed E-state index contributed by atoms with van der Waals surface area (Å²) in [5.41, 5.74) is 9.86. The number of nitriles is 1. The van der Waals surface area contributed by atoms with E-state index in [1.54, 1.807) is 0 Å². The minimum Gasteiger partial charge on any atom is -0.381 e. The molecule has 1 amide bonds. The molecule has 0 bridgehead atoms. The maximum Gasteiger partial charge on any atom is 0.220 e. The molecular weight excluding hydrogens is 414 g/mol. The van der Waals surface area contributed by atoms with E-state index in [2.05, 4.69) is 21.4 Å². The summed E-state index contributed by atoms with van der Waals surface area (Å²) in [6.07, 6.45) is 3.31. The van der Waals surface area contributed by atoms with E-state index < -0.39 is 0 Å². The first-order chi connectivity index (χ1) is 14.7. The van der Waals surface area contributed by atoms with Crippen molar-refractivity contribution in [2.75, 3.05) is 31.2 Å². The molecule has 0 saturated carbocycles. The molecule has 2 aromatic heterocycles. The van der Waals surface area contributed by atoms with Gasteiger partial charge in [-0.05, 0) is 55.4 Å². The lowest BCUT2D eigenvalue weighted by Gasteiger charge is -2.34. The molecule has 7 nitrogen and oxygen atoms in total. The number of pyridine rings is 1. The Morgan fingerprint density at radius 3 is 2.55 bits per heavy atom. The fourth-order valence-corrected chi connectivity index (χ4v) is 4.90. The molecule has 8 heteroatoms. The highest BCUT2D eigenvalue weighted by Crippen LogP contribution is 2.37. The number of halogens is 1. The topological polar surface area (TPSA) is 96.6 Å². The fraction of sp³-hybridized carbons (Fsp3) is 0.435. The largest absolute Gasteiger partial charge is 0.381 e. The summed E-state index contributed by atoms with van der Waals surface area (Å²) in [4.78, 5) is 18.8. The molecule has 0 aliphatic carbocycles. The number of para-hydroxylation sites is 2. The van der Waals surface area contributed by atoms with Crippen molar-refractivity contribution in [1.29, 1.82) is 5.26 Å². The second kappa shape index (κ2) is 8.74. The lowest BCUT2D eigenvalue weighted by molar-refractivity contribution is -0.122. The Morgan fingerprint density at radius 2 is 1.87 bits per heavy atom. The van der Waals surface area contributed by atoms with Crippen LogP contribution in [0.1, 0.15) is 42.7 Å². The number of benzene rings is 1. The normalized spacial score (nSPS) is 18.1. The van der Waals surface area contributed by atoms with E-state index in [9.17, 15) is 10.1 Å². The number of hydrogen-bond donors (Lipinski definition) is 1. The van der Waals surface area contributed by atoms with Gasteiger partial charge in [0.2, 0.25) is 5.91 Å². The van der Waals surface area contributed by atoms with Crippen LogP contribution in [0.15, 0.2) is 30.3 Å². The van der Waals surface area contributed by atoms with E-state index in [1.165, 1.54) is 0 Å². The highest BCUT2D eigenvalue weighted by molar-refractivity contribution is 5.86. The monoisotopic (exact) mass is 439 g/mol. The maximum absolute atomic E-state index is 11.6. The Hall–Kier alpha value is -2.82. The molecule has 0 radical (unpaired) electrons. The third-order valence-electron chi connectivity index (χ3n) is 6.58. The van der Waals surface area contributed by atoms with Crippen LogP contribution in [0, 0.1) is 17.2 Å². The summed E-state index contributed by atoms with van der Waals surface area (Å²) in [7, 11) is 0. The van der Waals surface area contributed by atoms with Crippen molar-refractivity contribution in [1.82, 2.24) is 9.38 Å². The summed E-state index contributed by atoms with van der Waals surface area (Å²) in [5, 5.41) is 10.1. The molecule has 0 spiro atoms. The predicted octanol–water partition coefficient (Wildman–Crippen LogP) is 3.38. The molecule has 2 aliphatic rings. The number of nitrogens with zero attached hydrogens (tertiary/aromatic N) is 4. The van der Waals surface area contributed by atoms with Gasteiger partial charge in [0.25, 0.3) is 0 Å². The molecule has 0 atom stereocenters. The first-order valence-corrected chi connectivity index (χ1v) is 10.6. The second-order valence-corrected chi connectivity index (χ2v) is 8.25. The van der Waals surface area contributed by atoms with Crippen LogP contribution in [0.4, 0.5) is 5.82 Å². The molecule has 4 heterocycles. The minimum absolute atomic E-state index is 0. The van der Waals surface area contributed by atoms with Gasteiger partial charge in [-0.2, -0.15) is 5.26 Å². The number of nitrogens with two attached hydrogens (primary N) is 1. The van der Waals surface area contributed by atoms with Crippen LogP contribution in [-0.4, -0.2) is 41.6 Å². The number of amides is 1. The van der Waals surface area contributed by atoms with E-state index in [0.717, 1.165) is 80.0 Å². The van der Waals surface area contributed by atoms with Crippen LogP contribution in [0.2, 0.25) is 0 Å². The lowest BCUT2D eigenvalue weighted by Crippen LogP contribution is -2.39. The molecule has 0 unspecified atom stereocenters. The number of carbonyl (C=O) groups is 1. The molecule has 1 aromatic carbocycles. The molecule has 2 fully saturated rings. The van der Waals surface area contributed by atoms with Gasteiger partial charge in [0.1, 0.15) is 11.9 Å². The molecule has 162 valence electrons. The number of imidazole rings is 1. The standard InChI is InChI=1S/C23H25N5O2.ClH/c24-14-18-17(15-7-11-30-12-8-15)13-21(27-9-5-16(6-10-27)22(25)29)28-20-4-2-1-3-19(20)26-23(18)28;/h1-4,13,15-16H,5-12H2,(H2,25,29);1H. The Morgan fingerprint density at radius 1 is 1.16 bits per heavy atom. The average molecular weight is 440 g/mol. The van der Waals surface area contributed by atoms with Crippen LogP contribution < -0.4 is 10.6 Å². The number of rotatable bonds is 3. The van der Waals surface area contributed by atoms with Gasteiger partial charge < -0.3 is 15.4 Å². The lowest BCUT2D eigenvalue weighted by atomic mass is 9.88. The van der Waals surface area contributed by atoms with Crippen molar-refractivity contribution in [3.8, 4) is 6.07 Å². The summed E-state index contributed by atoms with van der Waals surface area (Å²) < 4.78 is 7.67. The highest BCUT2D eigenvalue weighted by atomic mass is 35.5. The quantitative estimate of drug-likeness (QED) is 0.674. The number of piperidine rings is 1. The third kappa shape index (κ3) is 3.71. The minimum atomic E-state index is -0.212. The van der Waals surface area contributed by atoms with E-state index in [4.69, 9.17) is 15.5 Å². The molecule has 2 saturated heterocycles. The number of primary amides is 1. The molecule has 2 N–H and O–H groups in total. The number of fused-ring (bicyclic) bond motifs is 3. The van der Waals surface area contributed by atoms with Crippen LogP contribution >= 0.6 is 12.4 Å². The number of ether oxygens (including phenoxy) is 1. The van der Waals surface area contributed by atoms with Crippen molar-refractivity contribution < 1.29 is 9.53 Å². The number of aromatic nitrogens is 2. The predicted molar refractivity (Wildman–Crippen MR) is 122 cm³/mol. The third-order valence-corrected chi connectivity index (χ3v) is 6.58. The highest BCUT2D eigenvalue weighted by Gasteiger charge is 2.28. The van der Waals surface area contributed by atoms with Crippen molar-refractivity contribution >= 4 is 40.8 Å². The Balaban J connectivity index is 0.00000231. The van der Waals surface area contributed by atoms with Gasteiger partial charge in [0, 0.05) is 32.2 Å². The molecule has 31 heavy (non-hydrogen) atoms. The number of anilines is 1. The van der Waals surface area contributed by atoms with Gasteiger partial charge in [0.05, 0.1) is 16.6 Å². The summed E-state index contributed by atoms with van der Waals surface area (Å²) in [6, 6.07) is 12.6. The molecule has 5 rings (SSSR count). The van der Waals surface area contributed by atoms with Gasteiger partial charge >= 0.3 is 0 Å². The number of hydrogen-bond acceptors (Lipinski definition) is 5. The first-order valence-electron chi connectivity index (χ1n) is 10.6. The number of carbonyl (C=O) groups excluding carboxylic acids is 1. The zero-order chi connectivity index (χ0) is 20.7. The Labute approximate surface area is 187 Å². The van der Waals surface area contributed by atoms with Crippen molar-refractivity contribution in [2.45, 2.75) is 31.6 Å². The maximum atomic E-state index is 11.6. The molecular formula is C23H26ClN5O2. The van der Waals surface area contributed by atoms with Crippen LogP contribution in [0.3, 0.4) is 0 Å². The summed E-state index contributed by atoms with van der Waals surface area (Å²) in [5.74, 6) is 1.06. The van der Waals surface area contributed by atoms with Gasteiger partial charge in [-0.25, -0.2) is 4.98 Å². The van der Waals surface area contributed by atoms with Crippen molar-refractivity contribution in [3.05, 3.63) is 41.5 Å². The van der Waals surface area contributed by atoms with Gasteiger partial charge in [0.15, 0.2) is 5.65 Å². The molecule has 2 aliphatic heterocycles. The fourth-order valence-electron chi connectivity index (χ4n) is 4.90. The van der Waals surface area contributed by atoms with Crippen LogP contribution in [-0.2, 0) is 9.53 Å². The zero-order valence-electron chi connectivity index (χ0n) is 17.3. The summed E-state index contributed by atoms with van der Waals surface area (Å²) in [6.45, 7) is 2.95. The summed E-state index contributed by atoms with van der Waals surface area (Å²) >= 11 is 0. The van der Waals surface area contributed by atoms with E-state index >= 15 is 0 Å². The van der Waals surface area contributed by atoms with Crippen molar-refractivity contribution in [3.63, 3.8) is 0 Å². The van der Waals surface area contributed by atoms with Crippen molar-refractivity contribution in [2.24, 2.45) is 11.7 Å². The SMILES string of the molecule is Cl.N#Cc1c(C2CCOCC2)cc(N2CCC(C(N)=O)CC2)n2c1nc1ccccc12. The van der Waals surface area contributed by atoms with Crippen LogP contribution in [0.5, 0.6) is 0 Å². The van der Waals surface area contributed by atoms with Gasteiger partial charge in [-0.1, -0.05) is 12.1 Å². The van der Waals surface area contributed by atoms with E-state index in [0.29, 0.717) is 11.5 Å². The second-order valence-electron chi connectivity index (χ2n) is 8.25. The smallest absolute Gasteiger partial charge is 0.220 e. The Kier molecular flexibility index (Phi) is 6.03. The van der Waals surface area contributed by atoms with Gasteiger partial charge in [-0.15, -0.1) is 12.4 Å². The van der Waals surface area contributed by atoms with Crippen LogP contribution in [0.25, 0.3) is 16.7 Å². The van der Waals surface area contributed by atoms with E-state index in [1.807, 2.05) is 24.3 Å².